The van der Waals surface area contributed by atoms with E-state index in [1.165, 1.54) is 11.1 Å². The second-order valence-corrected chi connectivity index (χ2v) is 15.0. The van der Waals surface area contributed by atoms with E-state index < -0.39 is 17.7 Å². The molecule has 6 rings (SSSR count). The molecule has 0 radical (unpaired) electrons. The molecule has 0 saturated heterocycles. The van der Waals surface area contributed by atoms with Crippen molar-refractivity contribution in [3.63, 3.8) is 0 Å². The molecule has 1 aromatic heterocycles. The summed E-state index contributed by atoms with van der Waals surface area (Å²) in [6.07, 6.45) is 5.23. The van der Waals surface area contributed by atoms with Crippen LogP contribution >= 0.6 is 0 Å². The number of fused-ring (bicyclic) bond motifs is 4. The minimum Gasteiger partial charge on any atom is -0.542 e. The molecule has 3 aliphatic rings. The van der Waals surface area contributed by atoms with Gasteiger partial charge in [-0.3, -0.25) is 4.79 Å². The number of carbonyl (C=O) groups is 2. The predicted molar refractivity (Wildman–Crippen MR) is 189 cm³/mol. The maximum Gasteiger partial charge on any atom is 0.430 e. The largest absolute Gasteiger partial charge is 0.542 e. The molecule has 0 atom stereocenters. The van der Waals surface area contributed by atoms with E-state index in [2.05, 4.69) is 100 Å². The Morgan fingerprint density at radius 1 is 1.02 bits per heavy atom. The third-order valence-electron chi connectivity index (χ3n) is 9.15. The molecule has 2 aromatic carbocycles. The monoisotopic (exact) mass is 706 g/mol. The van der Waals surface area contributed by atoms with E-state index in [-0.39, 0.29) is 23.6 Å². The summed E-state index contributed by atoms with van der Waals surface area (Å²) in [4.78, 5) is 29.1. The van der Waals surface area contributed by atoms with Crippen LogP contribution in [0.4, 0.5) is 18.9 Å². The SMILES string of the molecule is CCN1c2cc3c(cc2C(C)=CC1(C)C)C(c1nccn1CC(=O)OC(C)(C)C)=c1cc2c(cc1O3)=[N+](CC)C(C)(C)C=C2.O=C([O-])C(F)(F)F. The number of esters is 1. The molecular formula is C39H45F3N4O5. The fraction of sp³-hybridized carbons (Fsp3) is 0.436. The van der Waals surface area contributed by atoms with Crippen molar-refractivity contribution in [3.05, 3.63) is 81.9 Å². The summed E-state index contributed by atoms with van der Waals surface area (Å²) in [5.74, 6) is -1.03. The number of carbonyl (C=O) groups excluding carboxylic acids is 2. The van der Waals surface area contributed by atoms with Crippen molar-refractivity contribution >= 4 is 34.8 Å². The molecule has 0 N–H and O–H groups in total. The van der Waals surface area contributed by atoms with Crippen molar-refractivity contribution in [2.24, 2.45) is 0 Å². The van der Waals surface area contributed by atoms with Gasteiger partial charge < -0.3 is 28.8 Å². The molecule has 0 bridgehead atoms. The number of carboxylic acids is 1. The standard InChI is InChI=1S/C37H45N4O3.C2HF3O2/c1-11-40-28-19-30-26(17-24(28)13-14-36(40,7)8)33(34-38-15-16-39(34)22-32(42)44-35(4,5)6)27-18-25-23(3)21-37(9,10)41(12-2)29(25)20-31(27)43-30;3-2(4,5)1(6)7/h13-21H,11-12,22H2,1-10H3;(H,6,7)/q+1;/p-1. The van der Waals surface area contributed by atoms with Gasteiger partial charge in [0.15, 0.2) is 5.54 Å². The summed E-state index contributed by atoms with van der Waals surface area (Å²) >= 11 is 0. The van der Waals surface area contributed by atoms with Gasteiger partial charge in [0.1, 0.15) is 42.0 Å². The lowest BCUT2D eigenvalue weighted by molar-refractivity contribution is -0.344. The first-order chi connectivity index (χ1) is 23.6. The Hall–Kier alpha value is -4.87. The normalized spacial score (nSPS) is 16.8. The average molecular weight is 707 g/mol. The quantitative estimate of drug-likeness (QED) is 0.208. The molecule has 0 fully saturated rings. The number of likely N-dealkylation sites (N-methyl/N-ethyl adjacent to an activating group) is 2. The number of rotatable bonds is 5. The molecule has 0 amide bonds. The highest BCUT2D eigenvalue weighted by Crippen LogP contribution is 2.46. The molecule has 272 valence electrons. The molecule has 0 unspecified atom stereocenters. The van der Waals surface area contributed by atoms with Crippen LogP contribution in [0.2, 0.25) is 0 Å². The molecule has 3 aromatic rings. The second kappa shape index (κ2) is 13.0. The van der Waals surface area contributed by atoms with Crippen LogP contribution in [0, 0.1) is 0 Å². The first kappa shape index (κ1) is 37.4. The lowest BCUT2D eigenvalue weighted by Crippen LogP contribution is -2.48. The Morgan fingerprint density at radius 2 is 1.69 bits per heavy atom. The lowest BCUT2D eigenvalue weighted by atomic mass is 9.85. The predicted octanol–water partition coefficient (Wildman–Crippen LogP) is 5.21. The van der Waals surface area contributed by atoms with Crippen LogP contribution in [-0.2, 0) is 20.9 Å². The van der Waals surface area contributed by atoms with E-state index in [4.69, 9.17) is 24.4 Å². The van der Waals surface area contributed by atoms with Crippen molar-refractivity contribution in [2.75, 3.05) is 18.0 Å². The van der Waals surface area contributed by atoms with Gasteiger partial charge in [0.05, 0.1) is 11.6 Å². The fourth-order valence-electron chi connectivity index (χ4n) is 7.15. The lowest BCUT2D eigenvalue weighted by Gasteiger charge is -2.43. The number of halogens is 3. The average Bonchev–Trinajstić information content (AvgIpc) is 3.44. The van der Waals surface area contributed by atoms with E-state index in [0.717, 1.165) is 57.6 Å². The minimum atomic E-state index is -5.19. The maximum absolute atomic E-state index is 13.0. The first-order valence-electron chi connectivity index (χ1n) is 17.0. The second-order valence-electron chi connectivity index (χ2n) is 15.0. The van der Waals surface area contributed by atoms with Crippen molar-refractivity contribution in [2.45, 2.75) is 98.6 Å². The number of aromatic nitrogens is 2. The van der Waals surface area contributed by atoms with E-state index >= 15 is 0 Å². The number of benzene rings is 2. The van der Waals surface area contributed by atoms with Crippen molar-refractivity contribution in [3.8, 4) is 11.5 Å². The molecule has 9 nitrogen and oxygen atoms in total. The van der Waals surface area contributed by atoms with Crippen LogP contribution in [0.15, 0.2) is 48.8 Å². The molecule has 0 spiro atoms. The van der Waals surface area contributed by atoms with Gasteiger partial charge >= 0.3 is 12.1 Å². The number of nitrogens with zero attached hydrogens (tertiary/aromatic N) is 4. The zero-order chi connectivity index (χ0) is 37.8. The Labute approximate surface area is 296 Å². The molecule has 12 heteroatoms. The minimum absolute atomic E-state index is 0.0615. The van der Waals surface area contributed by atoms with Gasteiger partial charge in [-0.25, -0.2) is 9.56 Å². The number of aliphatic carboxylic acids is 1. The van der Waals surface area contributed by atoms with Crippen molar-refractivity contribution in [1.82, 2.24) is 14.1 Å². The third kappa shape index (κ3) is 7.31. The molecule has 3 aliphatic heterocycles. The van der Waals surface area contributed by atoms with E-state index in [0.29, 0.717) is 5.82 Å². The van der Waals surface area contributed by atoms with Gasteiger partial charge in [0.2, 0.25) is 5.36 Å². The molecule has 0 saturated carbocycles. The Morgan fingerprint density at radius 3 is 2.27 bits per heavy atom. The van der Waals surface area contributed by atoms with Crippen LogP contribution in [0.3, 0.4) is 0 Å². The number of hydrogen-bond donors (Lipinski definition) is 0. The molecular weight excluding hydrogens is 661 g/mol. The number of anilines is 1. The van der Waals surface area contributed by atoms with Crippen LogP contribution in [0.5, 0.6) is 11.5 Å². The summed E-state index contributed by atoms with van der Waals surface area (Å²) in [5.41, 5.74) is 5.79. The number of ether oxygens (including phenoxy) is 2. The topological polar surface area (TPSA) is 99.7 Å². The summed E-state index contributed by atoms with van der Waals surface area (Å²) in [5, 5.41) is 10.9. The summed E-state index contributed by atoms with van der Waals surface area (Å²) in [6.45, 7) is 23.0. The fourth-order valence-corrected chi connectivity index (χ4v) is 7.15. The summed E-state index contributed by atoms with van der Waals surface area (Å²) in [7, 11) is 0. The zero-order valence-electron chi connectivity index (χ0n) is 30.8. The van der Waals surface area contributed by atoms with E-state index in [9.17, 15) is 18.0 Å². The Bertz CT molecular complexity index is 2100. The molecule has 51 heavy (non-hydrogen) atoms. The van der Waals surface area contributed by atoms with Gasteiger partial charge in [-0.1, -0.05) is 6.08 Å². The van der Waals surface area contributed by atoms with Crippen LogP contribution in [0.1, 0.15) is 91.8 Å². The highest BCUT2D eigenvalue weighted by atomic mass is 19.4. The summed E-state index contributed by atoms with van der Waals surface area (Å²) < 4.78 is 48.4. The number of carboxylic acid groups (broad SMARTS) is 1. The Balaban J connectivity index is 0.000000654. The zero-order valence-corrected chi connectivity index (χ0v) is 30.8. The van der Waals surface area contributed by atoms with Gasteiger partial charge in [-0.15, -0.1) is 0 Å². The molecule has 0 aliphatic carbocycles. The van der Waals surface area contributed by atoms with Gasteiger partial charge in [0.25, 0.3) is 0 Å². The molecule has 4 heterocycles. The number of allylic oxidation sites excluding steroid dienone is 1. The van der Waals surface area contributed by atoms with Gasteiger partial charge in [0, 0.05) is 72.0 Å². The highest BCUT2D eigenvalue weighted by molar-refractivity contribution is 5.90. The van der Waals surface area contributed by atoms with Crippen molar-refractivity contribution < 1.29 is 37.3 Å². The third-order valence-corrected chi connectivity index (χ3v) is 9.15. The smallest absolute Gasteiger partial charge is 0.430 e. The van der Waals surface area contributed by atoms with Crippen LogP contribution in [0.25, 0.3) is 17.2 Å². The van der Waals surface area contributed by atoms with Gasteiger partial charge in [-0.05, 0) is 85.2 Å². The number of alkyl halides is 3. The first-order valence-corrected chi connectivity index (χ1v) is 17.0. The van der Waals surface area contributed by atoms with E-state index in [1.807, 2.05) is 31.5 Å². The van der Waals surface area contributed by atoms with E-state index in [1.54, 1.807) is 6.20 Å². The van der Waals surface area contributed by atoms with Gasteiger partial charge in [-0.2, -0.15) is 13.2 Å². The van der Waals surface area contributed by atoms with Crippen molar-refractivity contribution in [1.29, 1.82) is 0 Å². The Kier molecular flexibility index (Phi) is 9.55. The highest BCUT2D eigenvalue weighted by Gasteiger charge is 2.36. The van der Waals surface area contributed by atoms with Crippen LogP contribution < -0.4 is 29.9 Å². The number of imidazole rings is 1. The maximum atomic E-state index is 13.0. The summed E-state index contributed by atoms with van der Waals surface area (Å²) in [6, 6.07) is 8.83. The van der Waals surface area contributed by atoms with Crippen LogP contribution in [-0.4, -0.2) is 57.4 Å². The number of hydrogen-bond acceptors (Lipinski definition) is 7.